The second kappa shape index (κ2) is 22.1. The molecule has 1 spiro atoms. The van der Waals surface area contributed by atoms with Crippen LogP contribution in [0.4, 0.5) is 17.1 Å². The summed E-state index contributed by atoms with van der Waals surface area (Å²) in [6.45, 7) is 14.5. The molecule has 9 rings (SSSR count). The van der Waals surface area contributed by atoms with E-state index in [1.165, 1.54) is 38.5 Å². The highest BCUT2D eigenvalue weighted by atomic mass is 32.2. The molecule has 4 aromatic rings. The molecule has 77 heavy (non-hydrogen) atoms. The lowest BCUT2D eigenvalue weighted by Gasteiger charge is -2.45. The van der Waals surface area contributed by atoms with Crippen molar-refractivity contribution in [1.29, 1.82) is 0 Å². The Kier molecular flexibility index (Phi) is 15.9. The predicted molar refractivity (Wildman–Crippen MR) is 317 cm³/mol. The van der Waals surface area contributed by atoms with Gasteiger partial charge >= 0.3 is 0 Å². The Labute approximate surface area is 459 Å². The first-order valence-electron chi connectivity index (χ1n) is 27.4. The lowest BCUT2D eigenvalue weighted by molar-refractivity contribution is -0.462. The Morgan fingerprint density at radius 1 is 1.03 bits per heavy atom. The molecule has 6 atom stereocenters. The zero-order valence-electron chi connectivity index (χ0n) is 46.8. The maximum atomic E-state index is 14.6. The number of hydrogen-bond acceptors (Lipinski definition) is 9. The fourth-order valence-corrected chi connectivity index (χ4v) is 17.5. The Balaban J connectivity index is 0.932. The van der Waals surface area contributed by atoms with Crippen molar-refractivity contribution in [2.24, 2.45) is 22.9 Å². The maximum absolute atomic E-state index is 14.6. The summed E-state index contributed by atoms with van der Waals surface area (Å²) in [4.78, 5) is 48.7. The molecular formula is C61H76N9O5SSi+. The molecule has 0 saturated heterocycles. The summed E-state index contributed by atoms with van der Waals surface area (Å²) in [6.07, 6.45) is 16.4. The number of amides is 2. The minimum atomic E-state index is -2.09. The number of carbonyl (C=O) groups is 2. The van der Waals surface area contributed by atoms with Crippen LogP contribution < -0.4 is 25.6 Å². The van der Waals surface area contributed by atoms with Crippen LogP contribution in [0.15, 0.2) is 112 Å². The zero-order valence-corrected chi connectivity index (χ0v) is 48.6. The van der Waals surface area contributed by atoms with E-state index < -0.39 is 30.6 Å². The Hall–Kier alpha value is -6.45. The minimum Gasteiger partial charge on any atom is -0.378 e. The summed E-state index contributed by atoms with van der Waals surface area (Å²) in [5.74, 6) is 0.130. The average molecular weight is 1080 g/mol. The molecule has 2 aliphatic carbocycles. The summed E-state index contributed by atoms with van der Waals surface area (Å²) in [6, 6.07) is 21.7. The van der Waals surface area contributed by atoms with Gasteiger partial charge in [0.1, 0.15) is 33.3 Å². The first-order valence-corrected chi connectivity index (χ1v) is 31.3. The Bertz CT molecular complexity index is 3240. The topological polar surface area (TPSA) is 169 Å². The number of nitro benzene ring substituents is 1. The van der Waals surface area contributed by atoms with Gasteiger partial charge in [0.15, 0.2) is 5.71 Å². The van der Waals surface area contributed by atoms with Crippen LogP contribution in [0.3, 0.4) is 0 Å². The summed E-state index contributed by atoms with van der Waals surface area (Å²) in [7, 11) is 8.41. The van der Waals surface area contributed by atoms with Gasteiger partial charge < -0.3 is 25.2 Å². The zero-order chi connectivity index (χ0) is 55.1. The lowest BCUT2D eigenvalue weighted by Crippen LogP contribution is -2.50. The Morgan fingerprint density at radius 3 is 2.49 bits per heavy atom. The highest BCUT2D eigenvalue weighted by molar-refractivity contribution is 8.01. The number of hydrogen-bond donors (Lipinski definition) is 2. The first-order chi connectivity index (χ1) is 36.7. The molecule has 2 N–H and O–H groups in total. The number of ether oxygens (including phenoxy) is 1. The molecule has 0 aromatic heterocycles. The average Bonchev–Trinajstić information content (AvgIpc) is 3.87. The van der Waals surface area contributed by atoms with Crippen molar-refractivity contribution in [1.82, 2.24) is 10.6 Å². The van der Waals surface area contributed by atoms with Gasteiger partial charge in [0, 0.05) is 102 Å². The number of benzene rings is 4. The standard InChI is InChI=1S/C61H75N9O5SSi/c1-12-13-31-75-55(65-66-62)20-16-17-42(64-59(72)41-22-28-51-50(33-41)60(3,4)61(69(51)9)30-29-39-34-52(70(73)74)46-18-14-15-19-47(46)57(39)76-61)37-63-58(71)40-21-25-45(38(2)32-40)56-48-26-23-43(67(5)6)35-53(48)77(10,11)54-36-44(68(7)8)24-27-49(54)56/h14-15,18-19,22-24,26-30,33-36,38,40,42,45,55H,12-13,16-17,20-21,25,31-32,37H2,1-11H3,(H-,63,64,71,72)/p+1/t38-,40?,42?,45?,55?,61?/m0/s1. The van der Waals surface area contributed by atoms with E-state index in [4.69, 9.17) is 4.74 Å². The highest BCUT2D eigenvalue weighted by Gasteiger charge is 2.56. The fourth-order valence-electron chi connectivity index (χ4n) is 12.8. The normalized spacial score (nSPS) is 22.3. The molecule has 4 aromatic carbocycles. The highest BCUT2D eigenvalue weighted by Crippen LogP contribution is 2.62. The first kappa shape index (κ1) is 55.3. The molecule has 3 heterocycles. The van der Waals surface area contributed by atoms with Gasteiger partial charge in [-0.05, 0) is 149 Å². The van der Waals surface area contributed by atoms with Crippen LogP contribution in [-0.4, -0.2) is 101 Å². The second-order valence-corrected chi connectivity index (χ2v) is 28.8. The van der Waals surface area contributed by atoms with Crippen LogP contribution in [-0.2, 0) is 14.9 Å². The van der Waals surface area contributed by atoms with Gasteiger partial charge in [-0.25, -0.2) is 4.58 Å². The quantitative estimate of drug-likeness (QED) is 0.0154. The molecule has 0 bridgehead atoms. The number of carbonyl (C=O) groups excluding carboxylic acids is 2. The minimum absolute atomic E-state index is 0.00764. The van der Waals surface area contributed by atoms with Crippen molar-refractivity contribution in [3.63, 3.8) is 0 Å². The number of fused-ring (bicyclic) bond motifs is 6. The molecule has 16 heteroatoms. The van der Waals surface area contributed by atoms with E-state index >= 15 is 0 Å². The molecule has 1 fully saturated rings. The fraction of sp³-hybridized carbons (Fsp3) is 0.459. The van der Waals surface area contributed by atoms with Gasteiger partial charge in [0.2, 0.25) is 5.91 Å². The second-order valence-electron chi connectivity index (χ2n) is 23.3. The van der Waals surface area contributed by atoms with Crippen molar-refractivity contribution in [2.45, 2.75) is 120 Å². The van der Waals surface area contributed by atoms with E-state index in [1.807, 2.05) is 48.5 Å². The molecule has 5 aliphatic rings. The third-order valence-corrected chi connectivity index (χ3v) is 22.8. The van der Waals surface area contributed by atoms with Gasteiger partial charge in [-0.3, -0.25) is 19.7 Å². The number of nitrogens with zero attached hydrogens (tertiary/aromatic N) is 7. The van der Waals surface area contributed by atoms with Crippen molar-refractivity contribution in [3.8, 4) is 0 Å². The van der Waals surface area contributed by atoms with Crippen LogP contribution in [0.5, 0.6) is 0 Å². The van der Waals surface area contributed by atoms with Gasteiger partial charge in [-0.15, -0.1) is 0 Å². The SMILES string of the molecule is CCCCOC(CCCC(CNC(=O)C1CCC(C2=C3C=CC(=[N+](C)C)C=C3[Si](C)(C)c3cc(N(C)C)ccc32)[C@@H](C)C1)NC(=O)c1ccc2c(c1)C(C)(C)C1(C=Cc3cc([N+](=O)[O-])c4ccccc4c3S1)N2C)N=[N+]=[N-]. The molecule has 1 saturated carbocycles. The van der Waals surface area contributed by atoms with E-state index in [2.05, 4.69) is 154 Å². The monoisotopic (exact) mass is 1070 g/mol. The van der Waals surface area contributed by atoms with Crippen LogP contribution in [0, 0.1) is 27.9 Å². The predicted octanol–water partition coefficient (Wildman–Crippen LogP) is 12.1. The summed E-state index contributed by atoms with van der Waals surface area (Å²) >= 11 is 1.69. The Morgan fingerprint density at radius 2 is 1.79 bits per heavy atom. The lowest BCUT2D eigenvalue weighted by atomic mass is 9.68. The number of anilines is 2. The third-order valence-electron chi connectivity index (χ3n) is 17.4. The van der Waals surface area contributed by atoms with Crippen LogP contribution in [0.2, 0.25) is 13.1 Å². The van der Waals surface area contributed by atoms with Crippen molar-refractivity contribution in [3.05, 3.63) is 145 Å². The van der Waals surface area contributed by atoms with E-state index in [9.17, 15) is 25.2 Å². The van der Waals surface area contributed by atoms with Gasteiger partial charge in [-0.2, -0.15) is 0 Å². The summed E-state index contributed by atoms with van der Waals surface area (Å²) < 4.78 is 8.12. The number of allylic oxidation sites excluding steroid dienone is 6. The number of thioether (sulfide) groups is 1. The molecule has 2 amide bonds. The molecule has 404 valence electrons. The number of rotatable bonds is 17. The van der Waals surface area contributed by atoms with Crippen LogP contribution in [0.25, 0.3) is 32.9 Å². The molecular weight excluding hydrogens is 999 g/mol. The van der Waals surface area contributed by atoms with E-state index in [1.54, 1.807) is 17.8 Å². The van der Waals surface area contributed by atoms with E-state index in [0.717, 1.165) is 59.2 Å². The van der Waals surface area contributed by atoms with Gasteiger partial charge in [0.25, 0.3) is 11.6 Å². The van der Waals surface area contributed by atoms with Crippen molar-refractivity contribution < 1.29 is 23.8 Å². The molecule has 5 unspecified atom stereocenters. The number of unbranched alkanes of at least 4 members (excludes halogenated alkanes) is 1. The number of nitrogens with one attached hydrogen (secondary N) is 2. The number of likely N-dealkylation sites (N-methyl/N-ethyl adjacent to an activating group) is 1. The van der Waals surface area contributed by atoms with E-state index in [-0.39, 0.29) is 46.7 Å². The molecule has 0 radical (unpaired) electrons. The van der Waals surface area contributed by atoms with Crippen molar-refractivity contribution in [2.75, 3.05) is 58.2 Å². The third kappa shape index (κ3) is 10.3. The van der Waals surface area contributed by atoms with Gasteiger partial charge in [0.05, 0.1) is 10.3 Å². The van der Waals surface area contributed by atoms with Crippen LogP contribution in [0.1, 0.15) is 106 Å². The number of non-ortho nitro benzene ring substituents is 1. The number of nitro groups is 1. The van der Waals surface area contributed by atoms with E-state index in [0.29, 0.717) is 36.8 Å². The molecule has 14 nitrogen and oxygen atoms in total. The number of azide groups is 1. The van der Waals surface area contributed by atoms with Gasteiger partial charge in [-0.1, -0.05) is 94.4 Å². The summed E-state index contributed by atoms with van der Waals surface area (Å²) in [5, 5.41) is 27.1. The maximum Gasteiger partial charge on any atom is 0.277 e. The van der Waals surface area contributed by atoms with Crippen molar-refractivity contribution >= 4 is 82.0 Å². The summed E-state index contributed by atoms with van der Waals surface area (Å²) in [5.41, 5.74) is 18.8. The van der Waals surface area contributed by atoms with Crippen LogP contribution >= 0.6 is 11.8 Å². The smallest absolute Gasteiger partial charge is 0.277 e. The molecule has 3 aliphatic heterocycles. The largest absolute Gasteiger partial charge is 0.378 e.